The van der Waals surface area contributed by atoms with E-state index < -0.39 is 91.5 Å². The fourth-order valence-electron chi connectivity index (χ4n) is 9.82. The van der Waals surface area contributed by atoms with E-state index in [1.54, 1.807) is 0 Å². The lowest BCUT2D eigenvalue weighted by Gasteiger charge is -2.21. The van der Waals surface area contributed by atoms with Crippen LogP contribution in [0.4, 0.5) is 0 Å². The van der Waals surface area contributed by atoms with Gasteiger partial charge in [0.15, 0.2) is 6.10 Å². The standard InChI is InChI=1S/C77H134O16P2/c1-4-7-10-13-16-19-22-25-27-29-31-33-34-35-36-38-40-41-43-46-48-51-54-57-60-63-75(80)87-66-72(78)67-89-94(83,84)90-68-73(79)69-91-95(85,86)92-71-74(93-77(82)65-62-59-56-53-50-45-24-21-18-15-12-9-6-3)70-88-76(81)64-61-58-55-52-49-47-44-42-39-37-32-30-28-26-23-20-17-14-11-8-5-2/h8,11,16-17,19-20,25-28,31-33,35-37,42,44,72-74,78-79H,4-7,9-10,12-15,18,21-24,29-30,34,38-41,43,45-71H2,1-3H3,(H,83,84)(H,85,86)/b11-8-,19-16-,20-17-,27-25-,28-26-,33-31-,36-35-,37-32-,44-42-. The van der Waals surface area contributed by atoms with Gasteiger partial charge in [0.1, 0.15) is 25.4 Å². The average molecular weight is 1380 g/mol. The van der Waals surface area contributed by atoms with Crippen LogP contribution in [0.25, 0.3) is 0 Å². The van der Waals surface area contributed by atoms with E-state index in [4.69, 9.17) is 32.3 Å². The van der Waals surface area contributed by atoms with Gasteiger partial charge in [0.05, 0.1) is 26.4 Å². The van der Waals surface area contributed by atoms with Crippen LogP contribution < -0.4 is 0 Å². The number of carbonyl (C=O) groups is 3. The van der Waals surface area contributed by atoms with Gasteiger partial charge in [-0.2, -0.15) is 0 Å². The summed E-state index contributed by atoms with van der Waals surface area (Å²) in [5.74, 6) is -1.60. The Bertz CT molecular complexity index is 2170. The van der Waals surface area contributed by atoms with Crippen molar-refractivity contribution in [1.29, 1.82) is 0 Å². The van der Waals surface area contributed by atoms with Crippen molar-refractivity contribution in [2.24, 2.45) is 0 Å². The molecule has 0 radical (unpaired) electrons. The van der Waals surface area contributed by atoms with Crippen LogP contribution >= 0.6 is 15.6 Å². The van der Waals surface area contributed by atoms with Gasteiger partial charge in [-0.1, -0.05) is 284 Å². The number of phosphoric ester groups is 2. The molecule has 95 heavy (non-hydrogen) atoms. The number of aliphatic hydroxyl groups is 2. The van der Waals surface area contributed by atoms with E-state index in [9.17, 15) is 43.5 Å². The first-order valence-corrected chi connectivity index (χ1v) is 40.2. The quantitative estimate of drug-likeness (QED) is 0.0146. The smallest absolute Gasteiger partial charge is 0.463 e. The van der Waals surface area contributed by atoms with Gasteiger partial charge in [0, 0.05) is 19.3 Å². The average Bonchev–Trinajstić information content (AvgIpc) is 1.83. The van der Waals surface area contributed by atoms with Crippen LogP contribution in [-0.2, 0) is 55.8 Å². The number of aliphatic hydroxyl groups excluding tert-OH is 2. The Morgan fingerprint density at radius 2 is 0.558 bits per heavy atom. The van der Waals surface area contributed by atoms with E-state index in [2.05, 4.69) is 130 Å². The van der Waals surface area contributed by atoms with E-state index in [0.717, 1.165) is 141 Å². The normalized spacial score (nSPS) is 14.7. The maximum Gasteiger partial charge on any atom is 0.472 e. The van der Waals surface area contributed by atoms with E-state index in [0.29, 0.717) is 19.3 Å². The minimum absolute atomic E-state index is 0.101. The fourth-order valence-corrected chi connectivity index (χ4v) is 11.4. The Kier molecular flexibility index (Phi) is 67.3. The second-order valence-corrected chi connectivity index (χ2v) is 27.6. The van der Waals surface area contributed by atoms with Crippen LogP contribution in [0.2, 0.25) is 0 Å². The van der Waals surface area contributed by atoms with Crippen molar-refractivity contribution in [3.8, 4) is 0 Å². The van der Waals surface area contributed by atoms with Gasteiger partial charge < -0.3 is 34.2 Å². The SMILES string of the molecule is CC/C=C\C/C=C\C/C=C\C/C=C\C/C=C\CCCCCCCC(=O)OCC(COP(=O)(O)OCC(O)COP(=O)(O)OCC(O)COC(=O)CCCCCCCCCCC/C=C\C/C=C\C/C=C\C/C=C\CCCCC)OC(=O)CCCCCCCCCCCCCCC. The Hall–Kier alpha value is -3.79. The number of phosphoric acid groups is 2. The maximum atomic E-state index is 12.9. The number of allylic oxidation sites excluding steroid dienone is 18. The molecule has 16 nitrogen and oxygen atoms in total. The van der Waals surface area contributed by atoms with Gasteiger partial charge in [-0.3, -0.25) is 32.5 Å². The highest BCUT2D eigenvalue weighted by Crippen LogP contribution is 2.45. The third-order valence-corrected chi connectivity index (χ3v) is 17.4. The molecule has 18 heteroatoms. The van der Waals surface area contributed by atoms with Gasteiger partial charge >= 0.3 is 33.6 Å². The lowest BCUT2D eigenvalue weighted by atomic mass is 10.0. The predicted molar refractivity (Wildman–Crippen MR) is 390 cm³/mol. The molecule has 0 aliphatic carbocycles. The van der Waals surface area contributed by atoms with Gasteiger partial charge in [-0.25, -0.2) is 9.13 Å². The number of ether oxygens (including phenoxy) is 3. The molecule has 0 aromatic carbocycles. The molecule has 0 aromatic heterocycles. The largest absolute Gasteiger partial charge is 0.472 e. The van der Waals surface area contributed by atoms with Crippen molar-refractivity contribution >= 4 is 33.6 Å². The zero-order valence-electron chi connectivity index (χ0n) is 59.6. The van der Waals surface area contributed by atoms with Crippen LogP contribution in [0, 0.1) is 0 Å². The van der Waals surface area contributed by atoms with E-state index in [1.165, 1.54) is 103 Å². The van der Waals surface area contributed by atoms with Crippen molar-refractivity contribution in [2.45, 2.75) is 322 Å². The molecule has 5 unspecified atom stereocenters. The van der Waals surface area contributed by atoms with Crippen LogP contribution in [0.5, 0.6) is 0 Å². The van der Waals surface area contributed by atoms with E-state index in [1.807, 2.05) is 0 Å². The molecule has 4 N–H and O–H groups in total. The predicted octanol–water partition coefficient (Wildman–Crippen LogP) is 21.2. The number of hydrogen-bond donors (Lipinski definition) is 4. The molecule has 0 saturated heterocycles. The third kappa shape index (κ3) is 71.3. The molecular weight excluding hydrogens is 1240 g/mol. The Morgan fingerprint density at radius 1 is 0.305 bits per heavy atom. The van der Waals surface area contributed by atoms with Crippen LogP contribution in [0.3, 0.4) is 0 Å². The number of carbonyl (C=O) groups excluding carboxylic acids is 3. The minimum atomic E-state index is -4.93. The molecule has 0 bridgehead atoms. The van der Waals surface area contributed by atoms with Crippen LogP contribution in [0.1, 0.15) is 303 Å². The summed E-state index contributed by atoms with van der Waals surface area (Å²) in [7, 11) is -9.79. The van der Waals surface area contributed by atoms with Crippen molar-refractivity contribution < 1.29 is 75.8 Å². The molecule has 0 aliphatic rings. The summed E-state index contributed by atoms with van der Waals surface area (Å²) in [6.07, 6.45) is 79.9. The van der Waals surface area contributed by atoms with Gasteiger partial charge in [-0.15, -0.1) is 0 Å². The molecule has 548 valence electrons. The van der Waals surface area contributed by atoms with E-state index >= 15 is 0 Å². The van der Waals surface area contributed by atoms with Crippen molar-refractivity contribution in [3.63, 3.8) is 0 Å². The van der Waals surface area contributed by atoms with Crippen LogP contribution in [0.15, 0.2) is 109 Å². The molecular formula is C77H134O16P2. The molecule has 0 amide bonds. The summed E-state index contributed by atoms with van der Waals surface area (Å²) < 4.78 is 61.0. The zero-order chi connectivity index (χ0) is 69.5. The second kappa shape index (κ2) is 70.1. The van der Waals surface area contributed by atoms with Gasteiger partial charge in [-0.05, 0) is 109 Å². The van der Waals surface area contributed by atoms with Crippen molar-refractivity contribution in [2.75, 3.05) is 39.6 Å². The summed E-state index contributed by atoms with van der Waals surface area (Å²) in [6.45, 7) is 2.52. The number of hydrogen-bond acceptors (Lipinski definition) is 14. The van der Waals surface area contributed by atoms with Crippen molar-refractivity contribution in [3.05, 3.63) is 109 Å². The monoisotopic (exact) mass is 1380 g/mol. The Balaban J connectivity index is 4.58. The highest BCUT2D eigenvalue weighted by molar-refractivity contribution is 7.47. The van der Waals surface area contributed by atoms with Crippen LogP contribution in [-0.4, -0.2) is 95.9 Å². The first kappa shape index (κ1) is 91.2. The summed E-state index contributed by atoms with van der Waals surface area (Å²) in [6, 6.07) is 0. The lowest BCUT2D eigenvalue weighted by molar-refractivity contribution is -0.161. The first-order chi connectivity index (χ1) is 46.2. The zero-order valence-corrected chi connectivity index (χ0v) is 61.4. The number of rotatable bonds is 70. The highest BCUT2D eigenvalue weighted by Gasteiger charge is 2.29. The summed E-state index contributed by atoms with van der Waals surface area (Å²) in [5, 5.41) is 20.6. The van der Waals surface area contributed by atoms with Crippen molar-refractivity contribution in [1.82, 2.24) is 0 Å². The maximum absolute atomic E-state index is 12.9. The molecule has 0 saturated carbocycles. The highest BCUT2D eigenvalue weighted by atomic mass is 31.2. The molecule has 0 heterocycles. The minimum Gasteiger partial charge on any atom is -0.463 e. The molecule has 0 rings (SSSR count). The number of unbranched alkanes of at least 4 members (excludes halogenated alkanes) is 29. The Morgan fingerprint density at radius 3 is 0.905 bits per heavy atom. The molecule has 0 spiro atoms. The summed E-state index contributed by atoms with van der Waals surface area (Å²) in [5.41, 5.74) is 0. The second-order valence-electron chi connectivity index (χ2n) is 24.7. The fraction of sp³-hybridized carbons (Fsp3) is 0.727. The molecule has 0 aliphatic heterocycles. The third-order valence-electron chi connectivity index (χ3n) is 15.5. The Labute approximate surface area is 577 Å². The van der Waals surface area contributed by atoms with Gasteiger partial charge in [0.25, 0.3) is 0 Å². The number of esters is 3. The molecule has 0 aromatic rings. The van der Waals surface area contributed by atoms with Gasteiger partial charge in [0.2, 0.25) is 0 Å². The lowest BCUT2D eigenvalue weighted by Crippen LogP contribution is -2.30. The summed E-state index contributed by atoms with van der Waals surface area (Å²) in [4.78, 5) is 58.5. The topological polar surface area (TPSA) is 231 Å². The van der Waals surface area contributed by atoms with E-state index in [-0.39, 0.29) is 19.3 Å². The first-order valence-electron chi connectivity index (χ1n) is 37.2. The molecule has 0 fully saturated rings. The summed E-state index contributed by atoms with van der Waals surface area (Å²) >= 11 is 0. The molecule has 5 atom stereocenters.